The fourth-order valence-corrected chi connectivity index (χ4v) is 4.98. The molecule has 21 heavy (non-hydrogen) atoms. The number of hydrogen-bond donors (Lipinski definition) is 0. The lowest BCUT2D eigenvalue weighted by Crippen LogP contribution is -2.45. The summed E-state index contributed by atoms with van der Waals surface area (Å²) >= 11 is 1.96. The van der Waals surface area contributed by atoms with E-state index >= 15 is 0 Å². The number of fused-ring (bicyclic) bond motifs is 2. The molecule has 110 valence electrons. The van der Waals surface area contributed by atoms with Crippen molar-refractivity contribution in [1.29, 1.82) is 0 Å². The lowest BCUT2D eigenvalue weighted by molar-refractivity contribution is 0.0948. The minimum absolute atomic E-state index is 0.741. The van der Waals surface area contributed by atoms with Crippen LogP contribution in [0.5, 0.6) is 0 Å². The smallest absolute Gasteiger partial charge is 0.0331 e. The van der Waals surface area contributed by atoms with Crippen LogP contribution in [-0.2, 0) is 19.4 Å². The average molecular weight is 297 g/mol. The second-order valence-corrected chi connectivity index (χ2v) is 8.09. The van der Waals surface area contributed by atoms with E-state index < -0.39 is 0 Å². The van der Waals surface area contributed by atoms with Crippen molar-refractivity contribution < 1.29 is 0 Å². The molecule has 0 saturated carbocycles. The Morgan fingerprint density at radius 1 is 1.05 bits per heavy atom. The Hall–Kier alpha value is -1.12. The summed E-state index contributed by atoms with van der Waals surface area (Å²) in [4.78, 5) is 5.73. The van der Waals surface area contributed by atoms with E-state index in [9.17, 15) is 0 Å². The van der Waals surface area contributed by atoms with Crippen LogP contribution < -0.4 is 0 Å². The summed E-state index contributed by atoms with van der Waals surface area (Å²) in [5, 5.41) is 0. The third kappa shape index (κ3) is 2.79. The van der Waals surface area contributed by atoms with Crippen LogP contribution in [0.4, 0.5) is 0 Å². The van der Waals surface area contributed by atoms with E-state index in [-0.39, 0.29) is 0 Å². The van der Waals surface area contributed by atoms with Gasteiger partial charge >= 0.3 is 0 Å². The van der Waals surface area contributed by atoms with E-state index in [0.29, 0.717) is 0 Å². The summed E-state index contributed by atoms with van der Waals surface area (Å²) in [5.41, 5.74) is 3.21. The maximum absolute atomic E-state index is 2.76. The summed E-state index contributed by atoms with van der Waals surface area (Å²) < 4.78 is 0. The van der Waals surface area contributed by atoms with E-state index in [4.69, 9.17) is 0 Å². The van der Waals surface area contributed by atoms with Gasteiger partial charge in [-0.1, -0.05) is 24.3 Å². The molecule has 0 amide bonds. The van der Waals surface area contributed by atoms with Gasteiger partial charge in [-0.05, 0) is 61.8 Å². The first-order valence-electron chi connectivity index (χ1n) is 8.14. The largest absolute Gasteiger partial charge is 0.295 e. The fraction of sp³-hybridized carbons (Fsp3) is 0.474. The summed E-state index contributed by atoms with van der Waals surface area (Å²) in [5.74, 6) is 0.851. The van der Waals surface area contributed by atoms with Crippen molar-refractivity contribution in [3.63, 3.8) is 0 Å². The van der Waals surface area contributed by atoms with Gasteiger partial charge < -0.3 is 0 Å². The Kier molecular flexibility index (Phi) is 3.60. The molecule has 3 aliphatic rings. The Labute approximate surface area is 131 Å². The monoisotopic (exact) mass is 297 g/mol. The Morgan fingerprint density at radius 2 is 1.86 bits per heavy atom. The second kappa shape index (κ2) is 5.58. The van der Waals surface area contributed by atoms with Gasteiger partial charge in [0.25, 0.3) is 0 Å². The molecule has 1 aromatic heterocycles. The van der Waals surface area contributed by atoms with Crippen molar-refractivity contribution in [3.05, 3.63) is 57.3 Å². The normalized spacial score (nSPS) is 25.4. The molecule has 2 aliphatic heterocycles. The van der Waals surface area contributed by atoms with E-state index in [1.54, 1.807) is 11.1 Å². The standard InChI is InChI=1S/C19H23NS/c1-14-6-9-19(21-14)13-20-12-15-7-8-18(20)11-17-5-3-2-4-16(17)10-15/h2-6,9,15,18H,7-8,10-13H2,1H3/t15-,18+/m1/s1. The van der Waals surface area contributed by atoms with Gasteiger partial charge in [-0.2, -0.15) is 0 Å². The number of piperidine rings is 1. The first-order chi connectivity index (χ1) is 10.3. The van der Waals surface area contributed by atoms with Gasteiger partial charge in [-0.3, -0.25) is 4.90 Å². The van der Waals surface area contributed by atoms with Crippen LogP contribution >= 0.6 is 11.3 Å². The second-order valence-electron chi connectivity index (χ2n) is 6.72. The average Bonchev–Trinajstić information content (AvgIpc) is 2.85. The molecule has 1 aliphatic carbocycles. The zero-order valence-corrected chi connectivity index (χ0v) is 13.5. The molecule has 3 heterocycles. The topological polar surface area (TPSA) is 3.24 Å². The summed E-state index contributed by atoms with van der Waals surface area (Å²) in [6.07, 6.45) is 5.32. The van der Waals surface area contributed by atoms with Crippen molar-refractivity contribution in [1.82, 2.24) is 4.90 Å². The summed E-state index contributed by atoms with van der Waals surface area (Å²) in [6.45, 7) is 4.65. The number of benzene rings is 1. The molecule has 0 spiro atoms. The molecule has 1 saturated heterocycles. The molecule has 2 atom stereocenters. The van der Waals surface area contributed by atoms with Crippen molar-refractivity contribution >= 4 is 11.3 Å². The van der Waals surface area contributed by atoms with Crippen LogP contribution in [0.3, 0.4) is 0 Å². The molecule has 1 nitrogen and oxygen atoms in total. The highest BCUT2D eigenvalue weighted by molar-refractivity contribution is 7.11. The maximum Gasteiger partial charge on any atom is 0.0331 e. The fourth-order valence-electron chi connectivity index (χ4n) is 4.06. The van der Waals surface area contributed by atoms with Crippen LogP contribution in [0.15, 0.2) is 36.4 Å². The van der Waals surface area contributed by atoms with Crippen molar-refractivity contribution in [2.75, 3.05) is 6.54 Å². The van der Waals surface area contributed by atoms with Crippen molar-refractivity contribution in [3.8, 4) is 0 Å². The number of rotatable bonds is 2. The molecule has 0 radical (unpaired) electrons. The molecular weight excluding hydrogens is 274 g/mol. The van der Waals surface area contributed by atoms with Crippen LogP contribution in [0, 0.1) is 12.8 Å². The zero-order chi connectivity index (χ0) is 14.2. The number of hydrogen-bond acceptors (Lipinski definition) is 2. The Bertz CT molecular complexity index is 630. The predicted octanol–water partition coefficient (Wildman–Crippen LogP) is 4.44. The third-order valence-corrected chi connectivity index (χ3v) is 6.14. The van der Waals surface area contributed by atoms with Gasteiger partial charge in [0.2, 0.25) is 0 Å². The zero-order valence-electron chi connectivity index (χ0n) is 12.7. The number of aryl methyl sites for hydroxylation is 1. The van der Waals surface area contributed by atoms with Gasteiger partial charge in [0, 0.05) is 28.9 Å². The number of thiophene rings is 1. The lowest BCUT2D eigenvalue weighted by atomic mass is 9.80. The van der Waals surface area contributed by atoms with E-state index in [1.807, 2.05) is 11.3 Å². The maximum atomic E-state index is 2.76. The minimum atomic E-state index is 0.741. The molecule has 2 bridgehead atoms. The van der Waals surface area contributed by atoms with E-state index in [1.165, 1.54) is 42.0 Å². The van der Waals surface area contributed by atoms with E-state index in [2.05, 4.69) is 48.2 Å². The highest BCUT2D eigenvalue weighted by atomic mass is 32.1. The van der Waals surface area contributed by atoms with Crippen molar-refractivity contribution in [2.45, 2.75) is 45.2 Å². The lowest BCUT2D eigenvalue weighted by Gasteiger charge is -2.42. The van der Waals surface area contributed by atoms with Crippen molar-refractivity contribution in [2.24, 2.45) is 5.92 Å². The van der Waals surface area contributed by atoms with Crippen LogP contribution in [0.1, 0.15) is 33.7 Å². The quantitative estimate of drug-likeness (QED) is 0.792. The molecule has 0 unspecified atom stereocenters. The van der Waals surface area contributed by atoms with Crippen LogP contribution in [-0.4, -0.2) is 17.5 Å². The first-order valence-corrected chi connectivity index (χ1v) is 8.96. The SMILES string of the molecule is Cc1ccc(CN2C[C@@H]3CC[C@H]2Cc2ccccc2C3)s1. The molecule has 5 rings (SSSR count). The molecule has 0 N–H and O–H groups in total. The number of nitrogens with zero attached hydrogens (tertiary/aromatic N) is 1. The van der Waals surface area contributed by atoms with Crippen LogP contribution in [0.2, 0.25) is 0 Å². The molecule has 1 aromatic carbocycles. The molecule has 2 aromatic rings. The first kappa shape index (κ1) is 13.5. The summed E-state index contributed by atoms with van der Waals surface area (Å²) in [6, 6.07) is 14.4. The van der Waals surface area contributed by atoms with E-state index in [0.717, 1.165) is 18.5 Å². The van der Waals surface area contributed by atoms with Gasteiger partial charge in [0.05, 0.1) is 0 Å². The van der Waals surface area contributed by atoms with Gasteiger partial charge in [-0.15, -0.1) is 11.3 Å². The van der Waals surface area contributed by atoms with Gasteiger partial charge in [-0.25, -0.2) is 0 Å². The Balaban J connectivity index is 1.58. The third-order valence-electron chi connectivity index (χ3n) is 5.15. The Morgan fingerprint density at radius 3 is 2.62 bits per heavy atom. The highest BCUT2D eigenvalue weighted by Gasteiger charge is 2.31. The van der Waals surface area contributed by atoms with Gasteiger partial charge in [0.1, 0.15) is 0 Å². The summed E-state index contributed by atoms with van der Waals surface area (Å²) in [7, 11) is 0. The van der Waals surface area contributed by atoms with Crippen LogP contribution in [0.25, 0.3) is 0 Å². The minimum Gasteiger partial charge on any atom is -0.295 e. The molecule has 2 heteroatoms. The van der Waals surface area contributed by atoms with Gasteiger partial charge in [0.15, 0.2) is 0 Å². The highest BCUT2D eigenvalue weighted by Crippen LogP contribution is 2.33. The molecular formula is C19H23NS. The predicted molar refractivity (Wildman–Crippen MR) is 89.8 cm³/mol. The molecule has 1 fully saturated rings.